The Morgan fingerprint density at radius 1 is 0.633 bits per heavy atom. The number of rotatable bonds is 4. The lowest BCUT2D eigenvalue weighted by atomic mass is 9.64. The van der Waals surface area contributed by atoms with Crippen LogP contribution in [0.3, 0.4) is 0 Å². The molecule has 1 saturated heterocycles. The molecule has 1 fully saturated rings. The third-order valence-electron chi connectivity index (χ3n) is 10.4. The van der Waals surface area contributed by atoms with Gasteiger partial charge in [0.2, 0.25) is 0 Å². The van der Waals surface area contributed by atoms with Gasteiger partial charge in [-0.3, -0.25) is 19.4 Å². The van der Waals surface area contributed by atoms with E-state index in [1.807, 2.05) is 19.9 Å². The van der Waals surface area contributed by atoms with Crippen molar-refractivity contribution in [1.29, 1.82) is 0 Å². The molecule has 242 valence electrons. The number of benzene rings is 5. The van der Waals surface area contributed by atoms with Crippen LogP contribution >= 0.6 is 12.2 Å². The summed E-state index contributed by atoms with van der Waals surface area (Å²) in [5, 5.41) is 0.261. The van der Waals surface area contributed by atoms with Crippen molar-refractivity contribution in [1.82, 2.24) is 9.80 Å². The van der Waals surface area contributed by atoms with Gasteiger partial charge in [-0.15, -0.1) is 0 Å². The molecule has 5 aromatic rings. The third kappa shape index (κ3) is 4.26. The lowest BCUT2D eigenvalue weighted by Gasteiger charge is -2.46. The summed E-state index contributed by atoms with van der Waals surface area (Å²) in [6, 6.07) is 37.1. The van der Waals surface area contributed by atoms with Crippen LogP contribution < -0.4 is 4.90 Å². The summed E-state index contributed by atoms with van der Waals surface area (Å²) in [7, 11) is 0. The molecule has 0 saturated carbocycles. The largest absolute Gasteiger partial charge is 0.309 e. The second-order valence-corrected chi connectivity index (χ2v) is 13.5. The Bertz CT molecular complexity index is 2190. The number of carbonyl (C=O) groups is 2. The molecule has 8 rings (SSSR count). The molecule has 0 aromatic heterocycles. The van der Waals surface area contributed by atoms with Crippen molar-refractivity contribution < 1.29 is 9.59 Å². The van der Waals surface area contributed by atoms with Gasteiger partial charge in [0.25, 0.3) is 11.8 Å². The molecule has 1 spiro atoms. The zero-order chi connectivity index (χ0) is 34.2. The first-order valence-corrected chi connectivity index (χ1v) is 17.3. The van der Waals surface area contributed by atoms with E-state index in [4.69, 9.17) is 12.2 Å². The molecule has 0 radical (unpaired) electrons. The molecule has 2 heterocycles. The lowest BCUT2D eigenvalue weighted by Crippen LogP contribution is -2.55. The van der Waals surface area contributed by atoms with Crippen LogP contribution in [0, 0.1) is 20.8 Å². The summed E-state index contributed by atoms with van der Waals surface area (Å²) in [5.74, 6) is -0.715. The number of likely N-dealkylation sites (N-methyl/N-ethyl adjacent to an activating group) is 2. The van der Waals surface area contributed by atoms with Gasteiger partial charge in [0, 0.05) is 13.1 Å². The molecule has 49 heavy (non-hydrogen) atoms. The predicted octanol–water partition coefficient (Wildman–Crippen LogP) is 9.14. The summed E-state index contributed by atoms with van der Waals surface area (Å²) in [4.78, 5) is 32.9. The number of fused-ring (bicyclic) bond motifs is 9. The third-order valence-corrected chi connectivity index (χ3v) is 10.8. The average molecular weight is 660 g/mol. The van der Waals surface area contributed by atoms with E-state index in [1.54, 1.807) is 6.08 Å². The number of anilines is 3. The highest BCUT2D eigenvalue weighted by molar-refractivity contribution is 7.80. The monoisotopic (exact) mass is 659 g/mol. The summed E-state index contributed by atoms with van der Waals surface area (Å²) >= 11 is 5.54. The molecule has 0 bridgehead atoms. The van der Waals surface area contributed by atoms with Crippen molar-refractivity contribution in [3.8, 4) is 11.1 Å². The SMILES string of the molecule is CCN1C(=O)C(=Cc2ccc3c(c2)C2(c4ccccc4-c4ccccc42)c2ccccc2N3c2c(C)cc(C)cc2C)C(=O)N(CC)C1=S. The second-order valence-electron chi connectivity index (χ2n) is 13.2. The molecular weight excluding hydrogens is 623 g/mol. The van der Waals surface area contributed by atoms with E-state index in [2.05, 4.69) is 123 Å². The molecule has 2 amide bonds. The number of para-hydroxylation sites is 1. The zero-order valence-electron chi connectivity index (χ0n) is 28.4. The van der Waals surface area contributed by atoms with Crippen molar-refractivity contribution in [2.75, 3.05) is 18.0 Å². The van der Waals surface area contributed by atoms with Gasteiger partial charge in [0.05, 0.1) is 22.5 Å². The highest BCUT2D eigenvalue weighted by Gasteiger charge is 2.52. The van der Waals surface area contributed by atoms with Crippen molar-refractivity contribution in [3.05, 3.63) is 153 Å². The number of aryl methyl sites for hydroxylation is 3. The number of hydrogen-bond acceptors (Lipinski definition) is 4. The number of carbonyl (C=O) groups excluding carboxylic acids is 2. The van der Waals surface area contributed by atoms with Gasteiger partial charge in [0.15, 0.2) is 5.11 Å². The smallest absolute Gasteiger partial charge is 0.265 e. The predicted molar refractivity (Wildman–Crippen MR) is 202 cm³/mol. The maximum absolute atomic E-state index is 13.7. The minimum absolute atomic E-state index is 0.122. The van der Waals surface area contributed by atoms with Crippen LogP contribution in [0.5, 0.6) is 0 Å². The van der Waals surface area contributed by atoms with Crippen LogP contribution in [0.4, 0.5) is 17.1 Å². The maximum Gasteiger partial charge on any atom is 0.265 e. The Morgan fingerprint density at radius 2 is 1.14 bits per heavy atom. The Balaban J connectivity index is 1.47. The Kier molecular flexibility index (Phi) is 7.20. The molecule has 5 nitrogen and oxygen atoms in total. The van der Waals surface area contributed by atoms with Crippen LogP contribution in [0.25, 0.3) is 17.2 Å². The van der Waals surface area contributed by atoms with Crippen molar-refractivity contribution in [3.63, 3.8) is 0 Å². The van der Waals surface area contributed by atoms with Gasteiger partial charge in [-0.05, 0) is 121 Å². The normalized spacial score (nSPS) is 15.7. The average Bonchev–Trinajstić information content (AvgIpc) is 3.39. The summed E-state index contributed by atoms with van der Waals surface area (Å²) in [6.07, 6.45) is 1.76. The maximum atomic E-state index is 13.7. The molecule has 6 heteroatoms. The van der Waals surface area contributed by atoms with E-state index in [0.717, 1.165) is 28.2 Å². The Hall–Kier alpha value is -5.33. The molecule has 0 N–H and O–H groups in total. The first kappa shape index (κ1) is 31.0. The van der Waals surface area contributed by atoms with Gasteiger partial charge >= 0.3 is 0 Å². The molecular formula is C43H37N3O2S. The molecule has 1 aliphatic carbocycles. The van der Waals surface area contributed by atoms with Gasteiger partial charge in [-0.1, -0.05) is 90.5 Å². The van der Waals surface area contributed by atoms with E-state index in [1.165, 1.54) is 54.3 Å². The first-order chi connectivity index (χ1) is 23.7. The fourth-order valence-electron chi connectivity index (χ4n) is 8.53. The second kappa shape index (κ2) is 11.4. The minimum Gasteiger partial charge on any atom is -0.309 e. The highest BCUT2D eigenvalue weighted by atomic mass is 32.1. The number of hydrogen-bond donors (Lipinski definition) is 0. The fraction of sp³-hybridized carbons (Fsp3) is 0.186. The summed E-state index contributed by atoms with van der Waals surface area (Å²) in [5.41, 5.74) is 14.4. The molecule has 0 unspecified atom stereocenters. The Labute approximate surface area is 293 Å². The topological polar surface area (TPSA) is 43.9 Å². The standard InChI is InChI=1S/C43H37N3O2S/c1-6-44-40(47)32(41(48)45(7-2)42(44)49)24-29-20-21-38-36(25-29)43(33-16-10-8-14-30(33)31-15-9-11-17-34(31)43)35-18-12-13-19-37(35)46(38)39-27(4)22-26(3)23-28(39)5/h8-25H,6-7H2,1-5H3. The molecule has 2 aliphatic heterocycles. The minimum atomic E-state index is -0.635. The van der Waals surface area contributed by atoms with Gasteiger partial charge in [0.1, 0.15) is 5.57 Å². The van der Waals surface area contributed by atoms with Crippen LogP contribution in [-0.2, 0) is 15.0 Å². The lowest BCUT2D eigenvalue weighted by molar-refractivity contribution is -0.133. The number of nitrogens with zero attached hydrogens (tertiary/aromatic N) is 3. The summed E-state index contributed by atoms with van der Waals surface area (Å²) in [6.45, 7) is 11.0. The van der Waals surface area contributed by atoms with E-state index in [9.17, 15) is 9.59 Å². The quantitative estimate of drug-likeness (QED) is 0.107. The van der Waals surface area contributed by atoms with Crippen molar-refractivity contribution in [2.45, 2.75) is 40.0 Å². The van der Waals surface area contributed by atoms with Crippen molar-refractivity contribution >= 4 is 52.3 Å². The first-order valence-electron chi connectivity index (χ1n) is 16.9. The van der Waals surface area contributed by atoms with Gasteiger partial charge < -0.3 is 4.90 Å². The van der Waals surface area contributed by atoms with E-state index < -0.39 is 5.41 Å². The fourth-order valence-corrected chi connectivity index (χ4v) is 8.95. The summed E-state index contributed by atoms with van der Waals surface area (Å²) < 4.78 is 0. The zero-order valence-corrected chi connectivity index (χ0v) is 29.2. The van der Waals surface area contributed by atoms with Crippen LogP contribution in [0.2, 0.25) is 0 Å². The number of amides is 2. The molecule has 0 atom stereocenters. The van der Waals surface area contributed by atoms with E-state index >= 15 is 0 Å². The van der Waals surface area contributed by atoms with E-state index in [-0.39, 0.29) is 22.5 Å². The van der Waals surface area contributed by atoms with Crippen LogP contribution in [0.15, 0.2) is 109 Å². The van der Waals surface area contributed by atoms with Crippen LogP contribution in [0.1, 0.15) is 58.4 Å². The highest BCUT2D eigenvalue weighted by Crippen LogP contribution is 2.63. The van der Waals surface area contributed by atoms with Crippen LogP contribution in [-0.4, -0.2) is 39.8 Å². The van der Waals surface area contributed by atoms with E-state index in [0.29, 0.717) is 13.1 Å². The molecule has 5 aromatic carbocycles. The number of thiocarbonyl (C=S) groups is 1. The van der Waals surface area contributed by atoms with Gasteiger partial charge in [-0.25, -0.2) is 0 Å². The van der Waals surface area contributed by atoms with Gasteiger partial charge in [-0.2, -0.15) is 0 Å². The van der Waals surface area contributed by atoms with Crippen molar-refractivity contribution in [2.24, 2.45) is 0 Å². The Morgan fingerprint density at radius 3 is 1.71 bits per heavy atom. The molecule has 3 aliphatic rings.